The minimum Gasteiger partial charge on any atom is -0.475 e. The molecule has 9 nitrogen and oxygen atoms in total. The molecule has 0 unspecified atom stereocenters. The van der Waals surface area contributed by atoms with E-state index in [0.29, 0.717) is 0 Å². The Morgan fingerprint density at radius 3 is 1.52 bits per heavy atom. The number of aromatic nitrogens is 1. The van der Waals surface area contributed by atoms with E-state index in [1.165, 1.54) is 36.4 Å². The van der Waals surface area contributed by atoms with Crippen molar-refractivity contribution in [2.45, 2.75) is 56.5 Å². The lowest BCUT2D eigenvalue weighted by Gasteiger charge is -2.25. The van der Waals surface area contributed by atoms with Crippen LogP contribution in [0.3, 0.4) is 0 Å². The molecule has 2 fully saturated rings. The van der Waals surface area contributed by atoms with E-state index in [4.69, 9.17) is 29.7 Å². The van der Waals surface area contributed by atoms with Gasteiger partial charge in [0.2, 0.25) is 0 Å². The second kappa shape index (κ2) is 15.7. The Morgan fingerprint density at radius 2 is 1.19 bits per heavy atom. The van der Waals surface area contributed by atoms with Crippen LogP contribution in [-0.4, -0.2) is 91.7 Å². The largest absolute Gasteiger partial charge is 0.490 e. The molecule has 236 valence electrons. The van der Waals surface area contributed by atoms with Gasteiger partial charge < -0.3 is 15.3 Å². The number of carboxylic acids is 3. The van der Waals surface area contributed by atoms with Crippen molar-refractivity contribution in [3.05, 3.63) is 52.5 Å². The maximum atomic E-state index is 10.6. The first-order valence-corrected chi connectivity index (χ1v) is 12.4. The smallest absolute Gasteiger partial charge is 0.475 e. The standard InChI is InChI=1S/C17H21N3S.3C2HF3O2/c1-3-14(11-18-7-1)12-19-8-5-17-16(19)6-9-20(17)13-15-4-2-10-21-15;3*3-2(4,5)1(6)7/h1-4,7,10-11,16-17H,5-6,8-9,12-13H2;3*(H,6,7)/t16-,17+;;;/m0.../s1. The summed E-state index contributed by atoms with van der Waals surface area (Å²) in [5.74, 6) is -8.27. The van der Waals surface area contributed by atoms with Gasteiger partial charge in [0.05, 0.1) is 0 Å². The minimum atomic E-state index is -5.08. The van der Waals surface area contributed by atoms with Crippen molar-refractivity contribution >= 4 is 29.2 Å². The molecule has 2 aliphatic heterocycles. The van der Waals surface area contributed by atoms with Crippen LogP contribution in [0.4, 0.5) is 39.5 Å². The number of thiophene rings is 1. The molecule has 2 atom stereocenters. The van der Waals surface area contributed by atoms with Gasteiger partial charge >= 0.3 is 36.4 Å². The van der Waals surface area contributed by atoms with Crippen LogP contribution in [-0.2, 0) is 27.5 Å². The van der Waals surface area contributed by atoms with Crippen LogP contribution < -0.4 is 0 Å². The van der Waals surface area contributed by atoms with Gasteiger partial charge in [0.15, 0.2) is 0 Å². The van der Waals surface area contributed by atoms with E-state index >= 15 is 0 Å². The van der Waals surface area contributed by atoms with Crippen LogP contribution in [0.2, 0.25) is 0 Å². The highest BCUT2D eigenvalue weighted by atomic mass is 32.1. The molecule has 0 bridgehead atoms. The second-order valence-electron chi connectivity index (χ2n) is 8.50. The van der Waals surface area contributed by atoms with Crippen molar-refractivity contribution in [1.82, 2.24) is 14.8 Å². The molecule has 2 aliphatic rings. The van der Waals surface area contributed by atoms with E-state index in [-0.39, 0.29) is 0 Å². The Hall–Kier alpha value is -3.45. The summed E-state index contributed by atoms with van der Waals surface area (Å²) >= 11 is 1.88. The number of nitrogens with zero attached hydrogens (tertiary/aromatic N) is 3. The molecule has 0 amide bonds. The number of halogens is 9. The van der Waals surface area contributed by atoms with Crippen molar-refractivity contribution in [1.29, 1.82) is 0 Å². The molecule has 0 radical (unpaired) electrons. The molecule has 0 aliphatic carbocycles. The van der Waals surface area contributed by atoms with E-state index in [2.05, 4.69) is 38.4 Å². The molecule has 0 saturated carbocycles. The molecule has 2 aromatic heterocycles. The Morgan fingerprint density at radius 1 is 0.762 bits per heavy atom. The van der Waals surface area contributed by atoms with Crippen molar-refractivity contribution in [2.75, 3.05) is 13.1 Å². The molecule has 2 saturated heterocycles. The van der Waals surface area contributed by atoms with Gasteiger partial charge in [-0.1, -0.05) is 12.1 Å². The molecule has 0 aromatic carbocycles. The van der Waals surface area contributed by atoms with E-state index in [1.807, 2.05) is 29.8 Å². The van der Waals surface area contributed by atoms with Crippen LogP contribution in [0, 0.1) is 0 Å². The molecular weight excluding hydrogens is 617 g/mol. The van der Waals surface area contributed by atoms with Gasteiger partial charge in [0, 0.05) is 55.5 Å². The SMILES string of the molecule is O=C(O)C(F)(F)F.O=C(O)C(F)(F)F.O=C(O)C(F)(F)F.c1cncc(CN2CC[C@@H]3[C@@H]2CCN3Cc2cccs2)c1. The number of aliphatic carboxylic acids is 3. The zero-order chi connectivity index (χ0) is 32.3. The summed E-state index contributed by atoms with van der Waals surface area (Å²) in [4.78, 5) is 37.8. The van der Waals surface area contributed by atoms with Crippen molar-refractivity contribution in [3.63, 3.8) is 0 Å². The average molecular weight is 642 g/mol. The fraction of sp³-hybridized carbons (Fsp3) is 0.478. The first-order valence-electron chi connectivity index (χ1n) is 11.5. The molecular formula is C23H24F9N3O6S. The summed E-state index contributed by atoms with van der Waals surface area (Å²) in [6.07, 6.45) is -8.76. The molecule has 2 aromatic rings. The van der Waals surface area contributed by atoms with Crippen LogP contribution in [0.1, 0.15) is 23.3 Å². The molecule has 4 rings (SSSR count). The summed E-state index contributed by atoms with van der Waals surface area (Å²) in [6, 6.07) is 10.2. The number of rotatable bonds is 4. The predicted molar refractivity (Wildman–Crippen MR) is 127 cm³/mol. The number of carbonyl (C=O) groups is 3. The molecule has 0 spiro atoms. The number of hydrogen-bond acceptors (Lipinski definition) is 7. The Kier molecular flexibility index (Phi) is 13.7. The molecule has 3 N–H and O–H groups in total. The fourth-order valence-electron chi connectivity index (χ4n) is 3.89. The summed E-state index contributed by atoms with van der Waals surface area (Å²) in [5, 5.41) is 23.6. The molecule has 42 heavy (non-hydrogen) atoms. The highest BCUT2D eigenvalue weighted by Crippen LogP contribution is 2.34. The van der Waals surface area contributed by atoms with Crippen molar-refractivity contribution in [2.24, 2.45) is 0 Å². The van der Waals surface area contributed by atoms with Crippen molar-refractivity contribution < 1.29 is 69.2 Å². The minimum absolute atomic E-state index is 0.741. The lowest BCUT2D eigenvalue weighted by atomic mass is 10.1. The van der Waals surface area contributed by atoms with E-state index < -0.39 is 36.4 Å². The van der Waals surface area contributed by atoms with Crippen molar-refractivity contribution in [3.8, 4) is 0 Å². The third kappa shape index (κ3) is 13.0. The average Bonchev–Trinajstić information content (AvgIpc) is 3.60. The topological polar surface area (TPSA) is 131 Å². The Balaban J connectivity index is 0.000000348. The summed E-state index contributed by atoms with van der Waals surface area (Å²) in [5.41, 5.74) is 1.34. The molecule has 19 heteroatoms. The van der Waals surface area contributed by atoms with E-state index in [9.17, 15) is 39.5 Å². The number of hydrogen-bond donors (Lipinski definition) is 3. The number of carboxylic acid groups (broad SMARTS) is 3. The van der Waals surface area contributed by atoms with Crippen LogP contribution in [0.5, 0.6) is 0 Å². The van der Waals surface area contributed by atoms with Gasteiger partial charge in [-0.25, -0.2) is 14.4 Å². The quantitative estimate of drug-likeness (QED) is 0.400. The monoisotopic (exact) mass is 641 g/mol. The van der Waals surface area contributed by atoms with E-state index in [0.717, 1.165) is 25.2 Å². The summed E-state index contributed by atoms with van der Waals surface area (Å²) in [6.45, 7) is 4.67. The number of alkyl halides is 9. The van der Waals surface area contributed by atoms with Crippen LogP contribution in [0.25, 0.3) is 0 Å². The Labute approximate surface area is 235 Å². The summed E-state index contributed by atoms with van der Waals surface area (Å²) in [7, 11) is 0. The van der Waals surface area contributed by atoms with Gasteiger partial charge in [0.25, 0.3) is 0 Å². The summed E-state index contributed by atoms with van der Waals surface area (Å²) < 4.78 is 95.2. The number of pyridine rings is 1. The maximum absolute atomic E-state index is 10.6. The molecule has 4 heterocycles. The second-order valence-corrected chi connectivity index (χ2v) is 9.53. The third-order valence-electron chi connectivity index (χ3n) is 5.58. The number of likely N-dealkylation sites (tertiary alicyclic amines) is 2. The van der Waals surface area contributed by atoms with Crippen LogP contribution in [0.15, 0.2) is 42.0 Å². The zero-order valence-corrected chi connectivity index (χ0v) is 22.0. The number of fused-ring (bicyclic) bond motifs is 1. The zero-order valence-electron chi connectivity index (χ0n) is 21.2. The van der Waals surface area contributed by atoms with Gasteiger partial charge in [0.1, 0.15) is 0 Å². The highest BCUT2D eigenvalue weighted by Gasteiger charge is 2.42. The predicted octanol–water partition coefficient (Wildman–Crippen LogP) is 4.89. The van der Waals surface area contributed by atoms with E-state index in [1.54, 1.807) is 0 Å². The normalized spacial score (nSPS) is 18.8. The van der Waals surface area contributed by atoms with Gasteiger partial charge in [-0.05, 0) is 35.9 Å². The lowest BCUT2D eigenvalue weighted by molar-refractivity contribution is -0.193. The van der Waals surface area contributed by atoms with Gasteiger partial charge in [-0.3, -0.25) is 14.8 Å². The lowest BCUT2D eigenvalue weighted by Crippen LogP contribution is -2.35. The first kappa shape index (κ1) is 36.6. The highest BCUT2D eigenvalue weighted by molar-refractivity contribution is 7.09. The van der Waals surface area contributed by atoms with Gasteiger partial charge in [-0.15, -0.1) is 11.3 Å². The van der Waals surface area contributed by atoms with Gasteiger partial charge in [-0.2, -0.15) is 39.5 Å². The van der Waals surface area contributed by atoms with Crippen LogP contribution >= 0.6 is 11.3 Å². The maximum Gasteiger partial charge on any atom is 0.490 e. The fourth-order valence-corrected chi connectivity index (χ4v) is 4.62. The Bertz CT molecular complexity index is 1070. The third-order valence-corrected chi connectivity index (χ3v) is 6.44. The first-order chi connectivity index (χ1) is 19.2.